The minimum Gasteiger partial charge on any atom is -0.462 e. The molecule has 2 aromatic rings. The van der Waals surface area contributed by atoms with Gasteiger partial charge in [0.25, 0.3) is 11.6 Å². The number of rotatable bonds is 6. The van der Waals surface area contributed by atoms with E-state index < -0.39 is 16.8 Å². The van der Waals surface area contributed by atoms with Gasteiger partial charge in [0, 0.05) is 10.9 Å². The van der Waals surface area contributed by atoms with Crippen LogP contribution in [-0.2, 0) is 17.6 Å². The Labute approximate surface area is 166 Å². The molecule has 1 aliphatic carbocycles. The Morgan fingerprint density at radius 2 is 2.07 bits per heavy atom. The molecule has 0 saturated carbocycles. The summed E-state index contributed by atoms with van der Waals surface area (Å²) >= 11 is 1.37. The van der Waals surface area contributed by atoms with Crippen molar-refractivity contribution in [1.29, 1.82) is 0 Å². The molecular formula is C20H22N2O5S. The number of carbonyl (C=O) groups excluding carboxylic acids is 2. The number of nitro benzene ring substituents is 1. The number of para-hydroxylation sites is 1. The van der Waals surface area contributed by atoms with Gasteiger partial charge in [-0.15, -0.1) is 11.3 Å². The third-order valence-corrected chi connectivity index (χ3v) is 6.17. The molecular weight excluding hydrogens is 380 g/mol. The maximum atomic E-state index is 12.7. The van der Waals surface area contributed by atoms with Gasteiger partial charge in [-0.3, -0.25) is 14.9 Å². The minimum atomic E-state index is -0.608. The highest BCUT2D eigenvalue weighted by atomic mass is 32.1. The number of hydrogen-bond donors (Lipinski definition) is 1. The van der Waals surface area contributed by atoms with Gasteiger partial charge in [0.1, 0.15) is 10.6 Å². The molecule has 3 rings (SSSR count). The Morgan fingerprint density at radius 3 is 2.75 bits per heavy atom. The second-order valence-electron chi connectivity index (χ2n) is 6.67. The van der Waals surface area contributed by atoms with Gasteiger partial charge in [-0.05, 0) is 43.7 Å². The van der Waals surface area contributed by atoms with Crippen LogP contribution in [0.15, 0.2) is 24.3 Å². The zero-order chi connectivity index (χ0) is 20.3. The van der Waals surface area contributed by atoms with E-state index in [1.54, 1.807) is 13.0 Å². The number of hydrogen-bond acceptors (Lipinski definition) is 6. The summed E-state index contributed by atoms with van der Waals surface area (Å²) in [6.45, 7) is 4.11. The summed E-state index contributed by atoms with van der Waals surface area (Å²) in [6.07, 6.45) is 3.68. The summed E-state index contributed by atoms with van der Waals surface area (Å²) in [6, 6.07) is 5.76. The normalized spacial score (nSPS) is 15.6. The average molecular weight is 402 g/mol. The summed E-state index contributed by atoms with van der Waals surface area (Å²) in [7, 11) is 0. The Bertz CT molecular complexity index is 921. The lowest BCUT2D eigenvalue weighted by molar-refractivity contribution is -0.385. The molecule has 0 saturated heterocycles. The summed E-state index contributed by atoms with van der Waals surface area (Å²) in [5.41, 5.74) is 1.01. The van der Waals surface area contributed by atoms with Gasteiger partial charge in [-0.2, -0.15) is 0 Å². The van der Waals surface area contributed by atoms with Crippen LogP contribution in [0.1, 0.15) is 57.8 Å². The molecule has 1 amide bonds. The highest BCUT2D eigenvalue weighted by molar-refractivity contribution is 7.17. The van der Waals surface area contributed by atoms with E-state index in [4.69, 9.17) is 4.74 Å². The number of nitro groups is 1. The number of esters is 1. The van der Waals surface area contributed by atoms with Crippen molar-refractivity contribution in [3.8, 4) is 0 Å². The van der Waals surface area contributed by atoms with Gasteiger partial charge >= 0.3 is 5.97 Å². The maximum Gasteiger partial charge on any atom is 0.341 e. The molecule has 0 unspecified atom stereocenters. The summed E-state index contributed by atoms with van der Waals surface area (Å²) in [5, 5.41) is 14.4. The SMILES string of the molecule is CCOC(=O)c1c(NC(=O)c2ccccc2[N+](=O)[O-])sc2c1CC[C@H](CC)C2. The molecule has 28 heavy (non-hydrogen) atoms. The number of anilines is 1. The molecule has 1 aliphatic rings. The molecule has 148 valence electrons. The number of ether oxygens (including phenoxy) is 1. The first-order valence-corrected chi connectivity index (χ1v) is 10.1. The van der Waals surface area contributed by atoms with Crippen LogP contribution in [0.4, 0.5) is 10.7 Å². The van der Waals surface area contributed by atoms with Gasteiger partial charge < -0.3 is 10.1 Å². The summed E-state index contributed by atoms with van der Waals surface area (Å²) in [5.74, 6) is -0.517. The first-order valence-electron chi connectivity index (χ1n) is 9.32. The molecule has 8 heteroatoms. The average Bonchev–Trinajstić information content (AvgIpc) is 3.04. The van der Waals surface area contributed by atoms with Crippen LogP contribution >= 0.6 is 11.3 Å². The van der Waals surface area contributed by atoms with Crippen molar-refractivity contribution in [2.45, 2.75) is 39.5 Å². The third-order valence-electron chi connectivity index (χ3n) is 5.00. The number of thiophene rings is 1. The lowest BCUT2D eigenvalue weighted by atomic mass is 9.85. The summed E-state index contributed by atoms with van der Waals surface area (Å²) < 4.78 is 5.20. The fourth-order valence-electron chi connectivity index (χ4n) is 3.51. The highest BCUT2D eigenvalue weighted by Crippen LogP contribution is 2.41. The molecule has 0 bridgehead atoms. The van der Waals surface area contributed by atoms with Crippen LogP contribution in [0.25, 0.3) is 0 Å². The quantitative estimate of drug-likeness (QED) is 0.432. The molecule has 1 atom stereocenters. The first-order chi connectivity index (χ1) is 13.5. The molecule has 1 N–H and O–H groups in total. The lowest BCUT2D eigenvalue weighted by Gasteiger charge is -2.20. The monoisotopic (exact) mass is 402 g/mol. The van der Waals surface area contributed by atoms with E-state index in [0.29, 0.717) is 16.5 Å². The van der Waals surface area contributed by atoms with E-state index in [-0.39, 0.29) is 17.9 Å². The van der Waals surface area contributed by atoms with Gasteiger partial charge in [0.15, 0.2) is 0 Å². The van der Waals surface area contributed by atoms with Crippen molar-refractivity contribution in [2.75, 3.05) is 11.9 Å². The predicted molar refractivity (Wildman–Crippen MR) is 107 cm³/mol. The van der Waals surface area contributed by atoms with Gasteiger partial charge in [-0.1, -0.05) is 25.5 Å². The zero-order valence-corrected chi connectivity index (χ0v) is 16.6. The Morgan fingerprint density at radius 1 is 1.32 bits per heavy atom. The van der Waals surface area contributed by atoms with Gasteiger partial charge in [-0.25, -0.2) is 4.79 Å². The first kappa shape index (κ1) is 20.0. The molecule has 1 aromatic carbocycles. The van der Waals surface area contributed by atoms with Crippen LogP contribution in [-0.4, -0.2) is 23.4 Å². The smallest absolute Gasteiger partial charge is 0.341 e. The molecule has 0 aliphatic heterocycles. The van der Waals surface area contributed by atoms with Crippen LogP contribution < -0.4 is 5.32 Å². The van der Waals surface area contributed by atoms with Gasteiger partial charge in [0.05, 0.1) is 17.1 Å². The van der Waals surface area contributed by atoms with E-state index in [1.807, 2.05) is 0 Å². The molecule has 1 aromatic heterocycles. The van der Waals surface area contributed by atoms with E-state index >= 15 is 0 Å². The molecule has 0 fully saturated rings. The Hall–Kier alpha value is -2.74. The number of nitrogens with one attached hydrogen (secondary N) is 1. The van der Waals surface area contributed by atoms with Crippen LogP contribution in [0, 0.1) is 16.0 Å². The topological polar surface area (TPSA) is 98.5 Å². The molecule has 1 heterocycles. The van der Waals surface area contributed by atoms with Crippen molar-refractivity contribution in [3.63, 3.8) is 0 Å². The zero-order valence-electron chi connectivity index (χ0n) is 15.8. The van der Waals surface area contributed by atoms with Crippen molar-refractivity contribution >= 4 is 33.9 Å². The van der Waals surface area contributed by atoms with Crippen molar-refractivity contribution < 1.29 is 19.2 Å². The van der Waals surface area contributed by atoms with Crippen LogP contribution in [0.2, 0.25) is 0 Å². The standard InChI is InChI=1S/C20H22N2O5S/c1-3-12-9-10-14-16(11-12)28-19(17(14)20(24)27-4-2)21-18(23)13-7-5-6-8-15(13)22(25)26/h5-8,12H,3-4,9-11H2,1-2H3,(H,21,23)/t12-/m0/s1. The molecule has 0 radical (unpaired) electrons. The van der Waals surface area contributed by atoms with Crippen LogP contribution in [0.3, 0.4) is 0 Å². The molecule has 7 nitrogen and oxygen atoms in total. The van der Waals surface area contributed by atoms with Crippen LogP contribution in [0.5, 0.6) is 0 Å². The second-order valence-corrected chi connectivity index (χ2v) is 7.78. The summed E-state index contributed by atoms with van der Waals surface area (Å²) in [4.78, 5) is 37.0. The van der Waals surface area contributed by atoms with E-state index in [2.05, 4.69) is 12.2 Å². The van der Waals surface area contributed by atoms with Gasteiger partial charge in [0.2, 0.25) is 0 Å². The number of benzene rings is 1. The number of carbonyl (C=O) groups is 2. The Balaban J connectivity index is 1.97. The van der Waals surface area contributed by atoms with Crippen molar-refractivity contribution in [1.82, 2.24) is 0 Å². The van der Waals surface area contributed by atoms with E-state index in [1.165, 1.54) is 29.5 Å². The lowest BCUT2D eigenvalue weighted by Crippen LogP contribution is -2.17. The maximum absolute atomic E-state index is 12.7. The fraction of sp³-hybridized carbons (Fsp3) is 0.400. The highest BCUT2D eigenvalue weighted by Gasteiger charge is 2.30. The number of nitrogens with zero attached hydrogens (tertiary/aromatic N) is 1. The number of amides is 1. The number of fused-ring (bicyclic) bond motifs is 1. The van der Waals surface area contributed by atoms with Crippen molar-refractivity contribution in [2.24, 2.45) is 5.92 Å². The minimum absolute atomic E-state index is 0.0416. The van der Waals surface area contributed by atoms with E-state index in [0.717, 1.165) is 36.1 Å². The molecule has 0 spiro atoms. The van der Waals surface area contributed by atoms with E-state index in [9.17, 15) is 19.7 Å². The third kappa shape index (κ3) is 3.91. The van der Waals surface area contributed by atoms with Crippen molar-refractivity contribution in [3.05, 3.63) is 55.9 Å². The Kier molecular flexibility index (Phi) is 6.08. The largest absolute Gasteiger partial charge is 0.462 e. The predicted octanol–water partition coefficient (Wildman–Crippen LogP) is 4.60. The second kappa shape index (κ2) is 8.52. The fourth-order valence-corrected chi connectivity index (χ4v) is 4.85.